The van der Waals surface area contributed by atoms with Gasteiger partial charge in [-0.1, -0.05) is 24.3 Å². The Balaban J connectivity index is 1.97. The maximum Gasteiger partial charge on any atom is 0.202 e. The van der Waals surface area contributed by atoms with Crippen molar-refractivity contribution in [1.82, 2.24) is 4.57 Å². The highest BCUT2D eigenvalue weighted by Crippen LogP contribution is 2.57. The highest BCUT2D eigenvalue weighted by atomic mass is 16.5. The molecule has 20 heavy (non-hydrogen) atoms. The molecule has 1 heterocycles. The molecule has 0 amide bonds. The fourth-order valence-corrected chi connectivity index (χ4v) is 3.48. The average molecular weight is 269 g/mol. The standard InChI is InChI=1S/C16H15NO3/c1-20-12-5-3-2-4-11(12)17-15(18)13-9-6-7-10(8-9)14(13)16(17)19/h2-7,9-10,18-19H,8H2,1H3. The molecule has 0 fully saturated rings. The summed E-state index contributed by atoms with van der Waals surface area (Å²) < 4.78 is 6.80. The van der Waals surface area contributed by atoms with Crippen LogP contribution in [0, 0.1) is 0 Å². The van der Waals surface area contributed by atoms with Gasteiger partial charge in [0, 0.05) is 23.0 Å². The molecule has 2 aliphatic rings. The molecule has 1 aromatic heterocycles. The molecule has 0 aliphatic heterocycles. The SMILES string of the molecule is COc1ccccc1-n1c(O)c2c(c1O)C1C=CC2C1. The number of ether oxygens (including phenoxy) is 1. The molecule has 2 atom stereocenters. The Morgan fingerprint density at radius 3 is 2.25 bits per heavy atom. The van der Waals surface area contributed by atoms with Crippen molar-refractivity contribution < 1.29 is 14.9 Å². The molecule has 2 aliphatic carbocycles. The number of rotatable bonds is 2. The van der Waals surface area contributed by atoms with Gasteiger partial charge >= 0.3 is 0 Å². The number of fused-ring (bicyclic) bond motifs is 5. The van der Waals surface area contributed by atoms with Crippen LogP contribution in [0.2, 0.25) is 0 Å². The molecule has 2 unspecified atom stereocenters. The van der Waals surface area contributed by atoms with Crippen molar-refractivity contribution in [3.05, 3.63) is 47.5 Å². The summed E-state index contributed by atoms with van der Waals surface area (Å²) in [5.41, 5.74) is 2.38. The van der Waals surface area contributed by atoms with Gasteiger partial charge in [0.05, 0.1) is 12.8 Å². The lowest BCUT2D eigenvalue weighted by atomic mass is 10.0. The van der Waals surface area contributed by atoms with Gasteiger partial charge < -0.3 is 14.9 Å². The highest BCUT2D eigenvalue weighted by molar-refractivity contribution is 5.64. The maximum atomic E-state index is 10.5. The molecule has 0 saturated carbocycles. The number of hydrogen-bond acceptors (Lipinski definition) is 3. The molecule has 2 N–H and O–H groups in total. The number of aromatic nitrogens is 1. The summed E-state index contributed by atoms with van der Waals surface area (Å²) >= 11 is 0. The fourth-order valence-electron chi connectivity index (χ4n) is 3.48. The van der Waals surface area contributed by atoms with E-state index in [-0.39, 0.29) is 23.6 Å². The topological polar surface area (TPSA) is 54.6 Å². The Morgan fingerprint density at radius 1 is 1.05 bits per heavy atom. The smallest absolute Gasteiger partial charge is 0.202 e. The van der Waals surface area contributed by atoms with Crippen molar-refractivity contribution in [3.8, 4) is 23.2 Å². The minimum Gasteiger partial charge on any atom is -0.495 e. The number of allylic oxidation sites excluding steroid dienone is 2. The lowest BCUT2D eigenvalue weighted by Gasteiger charge is -2.13. The molecule has 102 valence electrons. The molecule has 1 aromatic carbocycles. The third-order valence-corrected chi connectivity index (χ3v) is 4.35. The lowest BCUT2D eigenvalue weighted by Crippen LogP contribution is -1.98. The molecule has 2 aromatic rings. The summed E-state index contributed by atoms with van der Waals surface area (Å²) in [4.78, 5) is 0. The van der Waals surface area contributed by atoms with Gasteiger partial charge in [-0.25, -0.2) is 4.57 Å². The van der Waals surface area contributed by atoms with Crippen LogP contribution >= 0.6 is 0 Å². The Hall–Kier alpha value is -2.36. The monoisotopic (exact) mass is 269 g/mol. The Labute approximate surface area is 116 Å². The van der Waals surface area contributed by atoms with Crippen LogP contribution in [0.1, 0.15) is 29.4 Å². The molecule has 4 heteroatoms. The summed E-state index contributed by atoms with van der Waals surface area (Å²) in [5, 5.41) is 21.1. The number of hydrogen-bond donors (Lipinski definition) is 2. The fraction of sp³-hybridized carbons (Fsp3) is 0.250. The van der Waals surface area contributed by atoms with Gasteiger partial charge in [-0.2, -0.15) is 0 Å². The summed E-state index contributed by atoms with van der Waals surface area (Å²) in [6, 6.07) is 7.35. The van der Waals surface area contributed by atoms with Crippen LogP contribution in [0.15, 0.2) is 36.4 Å². The second-order valence-electron chi connectivity index (χ2n) is 5.32. The van der Waals surface area contributed by atoms with Gasteiger partial charge in [-0.3, -0.25) is 0 Å². The molecule has 2 bridgehead atoms. The van der Waals surface area contributed by atoms with Gasteiger partial charge in [0.1, 0.15) is 5.75 Å². The first-order valence-electron chi connectivity index (χ1n) is 6.70. The van der Waals surface area contributed by atoms with Crippen molar-refractivity contribution in [2.75, 3.05) is 7.11 Å². The van der Waals surface area contributed by atoms with Crippen molar-refractivity contribution in [1.29, 1.82) is 0 Å². The summed E-state index contributed by atoms with van der Waals surface area (Å²) in [6.07, 6.45) is 5.18. The second kappa shape index (κ2) is 3.82. The van der Waals surface area contributed by atoms with E-state index in [1.54, 1.807) is 7.11 Å². The third-order valence-electron chi connectivity index (χ3n) is 4.35. The predicted molar refractivity (Wildman–Crippen MR) is 74.9 cm³/mol. The highest BCUT2D eigenvalue weighted by Gasteiger charge is 2.41. The molecular formula is C16H15NO3. The van der Waals surface area contributed by atoms with Crippen molar-refractivity contribution in [3.63, 3.8) is 0 Å². The van der Waals surface area contributed by atoms with Gasteiger partial charge in [0.2, 0.25) is 11.8 Å². The normalized spacial score (nSPS) is 22.2. The minimum absolute atomic E-state index is 0.124. The van der Waals surface area contributed by atoms with Gasteiger partial charge in [-0.15, -0.1) is 0 Å². The van der Waals surface area contributed by atoms with E-state index in [0.29, 0.717) is 11.4 Å². The summed E-state index contributed by atoms with van der Waals surface area (Å²) in [5.74, 6) is 1.30. The largest absolute Gasteiger partial charge is 0.495 e. The average Bonchev–Trinajstić information content (AvgIpc) is 3.13. The van der Waals surface area contributed by atoms with Crippen LogP contribution in [0.25, 0.3) is 5.69 Å². The van der Waals surface area contributed by atoms with Crippen LogP contribution in [-0.4, -0.2) is 21.9 Å². The summed E-state index contributed by atoms with van der Waals surface area (Å²) in [6.45, 7) is 0. The predicted octanol–water partition coefficient (Wildman–Crippen LogP) is 3.04. The maximum absolute atomic E-state index is 10.5. The van der Waals surface area contributed by atoms with E-state index in [1.807, 2.05) is 24.3 Å². The minimum atomic E-state index is 0.124. The Morgan fingerprint density at radius 2 is 1.65 bits per heavy atom. The van der Waals surface area contributed by atoms with Crippen LogP contribution in [0.3, 0.4) is 0 Å². The number of benzene rings is 1. The van der Waals surface area contributed by atoms with Gasteiger partial charge in [-0.05, 0) is 18.6 Å². The van der Waals surface area contributed by atoms with E-state index < -0.39 is 0 Å². The Kier molecular flexibility index (Phi) is 2.19. The van der Waals surface area contributed by atoms with E-state index >= 15 is 0 Å². The molecule has 0 radical (unpaired) electrons. The zero-order valence-electron chi connectivity index (χ0n) is 11.1. The Bertz CT molecular complexity index is 694. The number of aromatic hydroxyl groups is 2. The lowest BCUT2D eigenvalue weighted by molar-refractivity contribution is 0.382. The quantitative estimate of drug-likeness (QED) is 0.824. The van der Waals surface area contributed by atoms with Gasteiger partial charge in [0.25, 0.3) is 0 Å². The molecule has 4 rings (SSSR count). The van der Waals surface area contributed by atoms with Crippen LogP contribution in [-0.2, 0) is 0 Å². The molecule has 0 saturated heterocycles. The van der Waals surface area contributed by atoms with Crippen molar-refractivity contribution in [2.45, 2.75) is 18.3 Å². The zero-order valence-corrected chi connectivity index (χ0v) is 11.1. The third kappa shape index (κ3) is 1.26. The van der Waals surface area contributed by atoms with Crippen LogP contribution < -0.4 is 4.74 Å². The van der Waals surface area contributed by atoms with E-state index in [1.165, 1.54) is 4.57 Å². The molecule has 0 spiro atoms. The first-order valence-corrected chi connectivity index (χ1v) is 6.70. The number of para-hydroxylation sites is 2. The van der Waals surface area contributed by atoms with Crippen molar-refractivity contribution >= 4 is 0 Å². The van der Waals surface area contributed by atoms with Crippen LogP contribution in [0.5, 0.6) is 17.5 Å². The van der Waals surface area contributed by atoms with Gasteiger partial charge in [0.15, 0.2) is 0 Å². The number of nitrogens with zero attached hydrogens (tertiary/aromatic N) is 1. The number of methoxy groups -OCH3 is 1. The molecule has 4 nitrogen and oxygen atoms in total. The summed E-state index contributed by atoms with van der Waals surface area (Å²) in [7, 11) is 1.58. The van der Waals surface area contributed by atoms with E-state index in [0.717, 1.165) is 17.5 Å². The van der Waals surface area contributed by atoms with E-state index in [2.05, 4.69) is 12.2 Å². The van der Waals surface area contributed by atoms with Crippen LogP contribution in [0.4, 0.5) is 0 Å². The van der Waals surface area contributed by atoms with E-state index in [4.69, 9.17) is 4.74 Å². The first-order chi connectivity index (χ1) is 9.72. The van der Waals surface area contributed by atoms with E-state index in [9.17, 15) is 10.2 Å². The molecular weight excluding hydrogens is 254 g/mol. The second-order valence-corrected chi connectivity index (χ2v) is 5.32. The van der Waals surface area contributed by atoms with Crippen molar-refractivity contribution in [2.24, 2.45) is 0 Å². The zero-order chi connectivity index (χ0) is 13.9. The first kappa shape index (κ1) is 11.5.